The van der Waals surface area contributed by atoms with E-state index in [0.29, 0.717) is 22.1 Å². The van der Waals surface area contributed by atoms with Gasteiger partial charge in [-0.1, -0.05) is 20.8 Å². The van der Waals surface area contributed by atoms with E-state index in [-0.39, 0.29) is 17.0 Å². The van der Waals surface area contributed by atoms with E-state index in [1.165, 1.54) is 16.2 Å². The summed E-state index contributed by atoms with van der Waals surface area (Å²) in [7, 11) is 1.91. The molecule has 35 heavy (non-hydrogen) atoms. The van der Waals surface area contributed by atoms with Crippen molar-refractivity contribution in [1.29, 1.82) is 5.26 Å². The first-order valence-corrected chi connectivity index (χ1v) is 12.6. The number of nitrogens with zero attached hydrogens (tertiary/aromatic N) is 6. The molecule has 1 amide bonds. The predicted molar refractivity (Wildman–Crippen MR) is 137 cm³/mol. The van der Waals surface area contributed by atoms with Gasteiger partial charge in [-0.3, -0.25) is 9.48 Å². The fourth-order valence-electron chi connectivity index (χ4n) is 5.04. The Morgan fingerprint density at radius 2 is 2.06 bits per heavy atom. The minimum absolute atomic E-state index is 0.212. The number of amides is 1. The van der Waals surface area contributed by atoms with Gasteiger partial charge in [0.05, 0.1) is 17.0 Å². The third kappa shape index (κ3) is 3.92. The van der Waals surface area contributed by atoms with Gasteiger partial charge in [-0.05, 0) is 56.1 Å². The van der Waals surface area contributed by atoms with Gasteiger partial charge in [-0.25, -0.2) is 9.50 Å². The van der Waals surface area contributed by atoms with Crippen LogP contribution >= 0.6 is 11.3 Å². The minimum Gasteiger partial charge on any atom is -0.311 e. The van der Waals surface area contributed by atoms with Crippen LogP contribution < -0.4 is 5.32 Å². The molecule has 0 saturated carbocycles. The summed E-state index contributed by atoms with van der Waals surface area (Å²) in [5, 5.41) is 22.6. The minimum atomic E-state index is -0.344. The van der Waals surface area contributed by atoms with Crippen molar-refractivity contribution in [2.75, 3.05) is 5.32 Å². The molecule has 0 fully saturated rings. The molecule has 1 aliphatic carbocycles. The van der Waals surface area contributed by atoms with Gasteiger partial charge in [0, 0.05) is 35.4 Å². The number of nitrogens with one attached hydrogen (secondary N) is 1. The zero-order valence-corrected chi connectivity index (χ0v) is 21.7. The number of aromatic nitrogens is 5. The van der Waals surface area contributed by atoms with Gasteiger partial charge in [-0.2, -0.15) is 15.5 Å². The standard InChI is InChI=1S/C26H29N7OS/c1-14-23(15(2)32(6)30-14)20-9-10-28-22-12-19(31-33(20)22)24(34)29-25-18(13-27)17-8-7-16(26(3,4)5)11-21(17)35-25/h9-10,12,16H,7-8,11H2,1-6H3,(H,29,34)/t16-/m0/s1. The molecule has 1 atom stereocenters. The van der Waals surface area contributed by atoms with Crippen molar-refractivity contribution in [3.05, 3.63) is 51.4 Å². The van der Waals surface area contributed by atoms with E-state index in [4.69, 9.17) is 0 Å². The highest BCUT2D eigenvalue weighted by Crippen LogP contribution is 2.44. The lowest BCUT2D eigenvalue weighted by Gasteiger charge is -2.33. The van der Waals surface area contributed by atoms with Crippen LogP contribution in [0.1, 0.15) is 65.1 Å². The van der Waals surface area contributed by atoms with E-state index in [2.05, 4.69) is 47.3 Å². The highest BCUT2D eigenvalue weighted by atomic mass is 32.1. The summed E-state index contributed by atoms with van der Waals surface area (Å²) >= 11 is 1.53. The molecular weight excluding hydrogens is 458 g/mol. The van der Waals surface area contributed by atoms with Crippen LogP contribution in [0.2, 0.25) is 0 Å². The number of aryl methyl sites for hydroxylation is 2. The Kier molecular flexibility index (Phi) is 5.52. The molecule has 5 rings (SSSR count). The average molecular weight is 488 g/mol. The second-order valence-electron chi connectivity index (χ2n) is 10.4. The summed E-state index contributed by atoms with van der Waals surface area (Å²) in [6, 6.07) is 5.89. The molecule has 180 valence electrons. The van der Waals surface area contributed by atoms with Crippen molar-refractivity contribution < 1.29 is 4.79 Å². The number of carbonyl (C=O) groups is 1. The Labute approximate surface area is 208 Å². The molecule has 0 saturated heterocycles. The average Bonchev–Trinajstić information content (AvgIpc) is 3.45. The highest BCUT2D eigenvalue weighted by Gasteiger charge is 2.32. The van der Waals surface area contributed by atoms with Gasteiger partial charge in [0.2, 0.25) is 0 Å². The molecule has 0 unspecified atom stereocenters. The quantitative estimate of drug-likeness (QED) is 0.434. The molecule has 1 N–H and O–H groups in total. The Hall–Kier alpha value is -3.51. The number of hydrogen-bond acceptors (Lipinski definition) is 6. The van der Waals surface area contributed by atoms with E-state index < -0.39 is 0 Å². The summed E-state index contributed by atoms with van der Waals surface area (Å²) in [4.78, 5) is 18.9. The second kappa shape index (κ2) is 8.31. The molecule has 9 heteroatoms. The molecule has 0 aromatic carbocycles. The molecule has 0 bridgehead atoms. The van der Waals surface area contributed by atoms with Crippen molar-refractivity contribution in [3.63, 3.8) is 0 Å². The van der Waals surface area contributed by atoms with Crippen molar-refractivity contribution in [3.8, 4) is 17.3 Å². The fraction of sp³-hybridized carbons (Fsp3) is 0.423. The van der Waals surface area contributed by atoms with E-state index in [0.717, 1.165) is 47.5 Å². The number of carbonyl (C=O) groups excluding carboxylic acids is 1. The summed E-state index contributed by atoms with van der Waals surface area (Å²) in [5.41, 5.74) is 6.43. The number of nitriles is 1. The van der Waals surface area contributed by atoms with Crippen molar-refractivity contribution in [2.45, 2.75) is 53.9 Å². The Morgan fingerprint density at radius 3 is 2.71 bits per heavy atom. The topological polar surface area (TPSA) is 101 Å². The van der Waals surface area contributed by atoms with Crippen LogP contribution in [0.4, 0.5) is 5.00 Å². The number of anilines is 1. The predicted octanol–water partition coefficient (Wildman–Crippen LogP) is 5.08. The SMILES string of the molecule is Cc1nn(C)c(C)c1-c1ccnc2cc(C(=O)Nc3sc4c(c3C#N)CC[C@H](C(C)(C)C)C4)nn12. The van der Waals surface area contributed by atoms with Gasteiger partial charge in [0.15, 0.2) is 11.3 Å². The van der Waals surface area contributed by atoms with E-state index in [9.17, 15) is 10.1 Å². The molecule has 0 radical (unpaired) electrons. The zero-order valence-electron chi connectivity index (χ0n) is 20.9. The molecule has 0 aliphatic heterocycles. The molecule has 4 heterocycles. The number of rotatable bonds is 3. The van der Waals surface area contributed by atoms with Crippen LogP contribution in [0.3, 0.4) is 0 Å². The van der Waals surface area contributed by atoms with Crippen LogP contribution in [-0.2, 0) is 19.9 Å². The lowest BCUT2D eigenvalue weighted by atomic mass is 9.72. The van der Waals surface area contributed by atoms with Gasteiger partial charge >= 0.3 is 0 Å². The summed E-state index contributed by atoms with van der Waals surface area (Å²) in [6.45, 7) is 10.8. The lowest BCUT2D eigenvalue weighted by Crippen LogP contribution is -2.26. The van der Waals surface area contributed by atoms with Crippen LogP contribution in [0, 0.1) is 36.5 Å². The van der Waals surface area contributed by atoms with Crippen LogP contribution in [0.5, 0.6) is 0 Å². The second-order valence-corrected chi connectivity index (χ2v) is 11.5. The Morgan fingerprint density at radius 1 is 1.29 bits per heavy atom. The maximum absolute atomic E-state index is 13.2. The van der Waals surface area contributed by atoms with Gasteiger partial charge < -0.3 is 5.32 Å². The zero-order chi connectivity index (χ0) is 25.1. The number of thiophene rings is 1. The van der Waals surface area contributed by atoms with Crippen LogP contribution in [0.15, 0.2) is 18.3 Å². The molecule has 4 aromatic rings. The number of fused-ring (bicyclic) bond motifs is 2. The third-order valence-corrected chi connectivity index (χ3v) is 8.35. The summed E-state index contributed by atoms with van der Waals surface area (Å²) in [6.07, 6.45) is 4.59. The molecule has 8 nitrogen and oxygen atoms in total. The molecular formula is C26H29N7OS. The monoisotopic (exact) mass is 487 g/mol. The largest absolute Gasteiger partial charge is 0.311 e. The van der Waals surface area contributed by atoms with Crippen LogP contribution in [0.25, 0.3) is 16.9 Å². The van der Waals surface area contributed by atoms with E-state index >= 15 is 0 Å². The normalized spacial score (nSPS) is 15.7. The Balaban J connectivity index is 1.48. The van der Waals surface area contributed by atoms with Crippen molar-refractivity contribution in [2.24, 2.45) is 18.4 Å². The highest BCUT2D eigenvalue weighted by molar-refractivity contribution is 7.16. The molecule has 0 spiro atoms. The number of hydrogen-bond donors (Lipinski definition) is 1. The van der Waals surface area contributed by atoms with E-state index in [1.807, 2.05) is 31.6 Å². The van der Waals surface area contributed by atoms with Gasteiger partial charge in [-0.15, -0.1) is 11.3 Å². The maximum Gasteiger partial charge on any atom is 0.276 e. The first-order valence-electron chi connectivity index (χ1n) is 11.8. The summed E-state index contributed by atoms with van der Waals surface area (Å²) < 4.78 is 3.52. The van der Waals surface area contributed by atoms with Gasteiger partial charge in [0.1, 0.15) is 11.1 Å². The molecule has 1 aliphatic rings. The Bertz CT molecular complexity index is 1510. The van der Waals surface area contributed by atoms with E-state index in [1.54, 1.807) is 16.8 Å². The first-order chi connectivity index (χ1) is 16.6. The van der Waals surface area contributed by atoms with Crippen molar-refractivity contribution in [1.82, 2.24) is 24.4 Å². The summed E-state index contributed by atoms with van der Waals surface area (Å²) in [5.74, 6) is 0.217. The van der Waals surface area contributed by atoms with Crippen LogP contribution in [-0.4, -0.2) is 30.3 Å². The maximum atomic E-state index is 13.2. The smallest absolute Gasteiger partial charge is 0.276 e. The van der Waals surface area contributed by atoms with Gasteiger partial charge in [0.25, 0.3) is 5.91 Å². The molecule has 4 aromatic heterocycles. The van der Waals surface area contributed by atoms with Crippen molar-refractivity contribution >= 4 is 27.9 Å². The third-order valence-electron chi connectivity index (χ3n) is 7.18. The lowest BCUT2D eigenvalue weighted by molar-refractivity contribution is 0.102. The fourth-order valence-corrected chi connectivity index (χ4v) is 6.31. The first kappa shape index (κ1) is 23.2.